The Kier molecular flexibility index (Phi) is 11.4. The van der Waals surface area contributed by atoms with Gasteiger partial charge in [0.05, 0.1) is 6.61 Å². The Morgan fingerprint density at radius 2 is 1.57 bits per heavy atom. The van der Waals surface area contributed by atoms with Crippen LogP contribution in [0.5, 0.6) is 5.75 Å². The molecule has 1 aromatic carbocycles. The van der Waals surface area contributed by atoms with E-state index in [2.05, 4.69) is 44.2 Å². The van der Waals surface area contributed by atoms with Crippen LogP contribution in [0.2, 0.25) is 0 Å². The first kappa shape index (κ1) is 23.0. The minimum atomic E-state index is -0.0435. The number of ether oxygens (including phenoxy) is 2. The third-order valence-corrected chi connectivity index (χ3v) is 5.56. The Bertz CT molecular complexity index is 545. The number of unbranched alkanes of at least 4 members (excludes halogenated alkanes) is 10. The highest BCUT2D eigenvalue weighted by molar-refractivity contribution is 5.28. The average Bonchev–Trinajstić information content (AvgIpc) is 3.45. The van der Waals surface area contributed by atoms with E-state index in [0.29, 0.717) is 6.61 Å². The molecule has 0 N–H and O–H groups in total. The van der Waals surface area contributed by atoms with Crippen molar-refractivity contribution in [3.05, 3.63) is 42.0 Å². The number of aryl methyl sites for hydroxylation is 1. The van der Waals surface area contributed by atoms with Gasteiger partial charge >= 0.3 is 0 Å². The van der Waals surface area contributed by atoms with E-state index in [4.69, 9.17) is 9.47 Å². The quantitative estimate of drug-likeness (QED) is 0.156. The van der Waals surface area contributed by atoms with Crippen LogP contribution in [0.1, 0.15) is 96.5 Å². The van der Waals surface area contributed by atoms with Gasteiger partial charge in [0.1, 0.15) is 18.0 Å². The normalized spacial score (nSPS) is 18.6. The summed E-state index contributed by atoms with van der Waals surface area (Å²) in [6, 6.07) is 8.55. The zero-order chi connectivity index (χ0) is 19.9. The van der Waals surface area contributed by atoms with Crippen LogP contribution in [0.3, 0.4) is 0 Å². The van der Waals surface area contributed by atoms with Gasteiger partial charge in [0.15, 0.2) is 0 Å². The molecular weight excluding hydrogens is 344 g/mol. The van der Waals surface area contributed by atoms with Crippen LogP contribution in [0, 0.1) is 0 Å². The molecule has 0 spiro atoms. The van der Waals surface area contributed by atoms with Crippen LogP contribution in [0.15, 0.2) is 36.4 Å². The fraction of sp³-hybridized carbons (Fsp3) is 0.692. The van der Waals surface area contributed by atoms with Gasteiger partial charge in [0.25, 0.3) is 0 Å². The predicted molar refractivity (Wildman–Crippen MR) is 120 cm³/mol. The number of epoxide rings is 1. The SMILES string of the molecule is CCCCCCCCC/C=C/CCCCCc1cccc(OCC2(C)CO2)c1. The molecule has 1 unspecified atom stereocenters. The molecule has 1 aliphatic rings. The number of rotatable bonds is 17. The van der Waals surface area contributed by atoms with E-state index in [1.165, 1.54) is 82.6 Å². The molecule has 0 bridgehead atoms. The summed E-state index contributed by atoms with van der Waals surface area (Å²) in [4.78, 5) is 0. The van der Waals surface area contributed by atoms with Crippen LogP contribution in [-0.2, 0) is 11.2 Å². The summed E-state index contributed by atoms with van der Waals surface area (Å²) in [5.74, 6) is 0.975. The van der Waals surface area contributed by atoms with Crippen LogP contribution in [0.25, 0.3) is 0 Å². The topological polar surface area (TPSA) is 21.8 Å². The van der Waals surface area contributed by atoms with Crippen molar-refractivity contribution in [3.8, 4) is 5.75 Å². The molecule has 0 radical (unpaired) electrons. The summed E-state index contributed by atoms with van der Waals surface area (Å²) in [6.45, 7) is 5.85. The van der Waals surface area contributed by atoms with Gasteiger partial charge in [0, 0.05) is 0 Å². The molecule has 2 nitrogen and oxygen atoms in total. The fourth-order valence-corrected chi connectivity index (χ4v) is 3.46. The highest BCUT2D eigenvalue weighted by Gasteiger charge is 2.40. The second-order valence-corrected chi connectivity index (χ2v) is 8.66. The van der Waals surface area contributed by atoms with E-state index in [-0.39, 0.29) is 5.60 Å². The largest absolute Gasteiger partial charge is 0.490 e. The van der Waals surface area contributed by atoms with Crippen LogP contribution in [0.4, 0.5) is 0 Å². The lowest BCUT2D eigenvalue weighted by Crippen LogP contribution is -2.16. The zero-order valence-corrected chi connectivity index (χ0v) is 18.4. The van der Waals surface area contributed by atoms with E-state index in [1.807, 2.05) is 6.07 Å². The molecule has 2 rings (SSSR count). The Morgan fingerprint density at radius 1 is 0.929 bits per heavy atom. The van der Waals surface area contributed by atoms with Gasteiger partial charge in [-0.1, -0.05) is 76.2 Å². The van der Waals surface area contributed by atoms with Crippen LogP contribution in [-0.4, -0.2) is 18.8 Å². The molecule has 0 aromatic heterocycles. The summed E-state index contributed by atoms with van der Waals surface area (Å²) in [5.41, 5.74) is 1.34. The first-order valence-corrected chi connectivity index (χ1v) is 11.7. The molecule has 2 heteroatoms. The molecule has 1 fully saturated rings. The molecule has 1 saturated heterocycles. The smallest absolute Gasteiger partial charge is 0.123 e. The van der Waals surface area contributed by atoms with Crippen molar-refractivity contribution in [2.75, 3.05) is 13.2 Å². The molecule has 1 aromatic rings. The minimum absolute atomic E-state index is 0.0435. The third-order valence-electron chi connectivity index (χ3n) is 5.56. The Labute approximate surface area is 173 Å². The van der Waals surface area contributed by atoms with E-state index >= 15 is 0 Å². The van der Waals surface area contributed by atoms with E-state index in [1.54, 1.807) is 0 Å². The summed E-state index contributed by atoms with van der Waals surface area (Å²) in [7, 11) is 0. The second kappa shape index (κ2) is 13.8. The number of benzene rings is 1. The van der Waals surface area contributed by atoms with Crippen molar-refractivity contribution in [2.45, 2.75) is 103 Å². The van der Waals surface area contributed by atoms with E-state index < -0.39 is 0 Å². The Morgan fingerprint density at radius 3 is 2.25 bits per heavy atom. The van der Waals surface area contributed by atoms with Crippen molar-refractivity contribution < 1.29 is 9.47 Å². The monoisotopic (exact) mass is 386 g/mol. The van der Waals surface area contributed by atoms with Gasteiger partial charge in [-0.05, 0) is 63.1 Å². The molecule has 0 aliphatic carbocycles. The first-order chi connectivity index (χ1) is 13.7. The maximum atomic E-state index is 5.86. The first-order valence-electron chi connectivity index (χ1n) is 11.7. The van der Waals surface area contributed by atoms with E-state index in [9.17, 15) is 0 Å². The third kappa shape index (κ3) is 10.9. The average molecular weight is 387 g/mol. The van der Waals surface area contributed by atoms with Gasteiger partial charge in [-0.3, -0.25) is 0 Å². The molecule has 1 atom stereocenters. The predicted octanol–water partition coefficient (Wildman–Crippen LogP) is 7.65. The van der Waals surface area contributed by atoms with Gasteiger partial charge in [-0.25, -0.2) is 0 Å². The summed E-state index contributed by atoms with van der Waals surface area (Å²) < 4.78 is 11.2. The number of hydrogen-bond donors (Lipinski definition) is 0. The van der Waals surface area contributed by atoms with Crippen molar-refractivity contribution in [2.24, 2.45) is 0 Å². The highest BCUT2D eigenvalue weighted by atomic mass is 16.6. The Balaban J connectivity index is 1.42. The lowest BCUT2D eigenvalue weighted by Gasteiger charge is -2.10. The number of allylic oxidation sites excluding steroid dienone is 2. The summed E-state index contributed by atoms with van der Waals surface area (Å²) in [6.07, 6.45) is 22.1. The maximum absolute atomic E-state index is 5.86. The van der Waals surface area contributed by atoms with Gasteiger partial charge in [-0.15, -0.1) is 0 Å². The van der Waals surface area contributed by atoms with Crippen molar-refractivity contribution in [1.29, 1.82) is 0 Å². The number of hydrogen-bond acceptors (Lipinski definition) is 2. The molecular formula is C26H42O2. The summed E-state index contributed by atoms with van der Waals surface area (Å²) in [5, 5.41) is 0. The zero-order valence-electron chi connectivity index (χ0n) is 18.4. The molecule has 0 saturated carbocycles. The van der Waals surface area contributed by atoms with Crippen molar-refractivity contribution >= 4 is 0 Å². The minimum Gasteiger partial charge on any atom is -0.490 e. The van der Waals surface area contributed by atoms with Gasteiger partial charge < -0.3 is 9.47 Å². The molecule has 1 aliphatic heterocycles. The lowest BCUT2D eigenvalue weighted by atomic mass is 10.1. The lowest BCUT2D eigenvalue weighted by molar-refractivity contribution is 0.202. The van der Waals surface area contributed by atoms with Crippen LogP contribution < -0.4 is 4.74 Å². The standard InChI is InChI=1S/C26H42O2/c1-3-4-5-6-7-8-9-10-11-12-13-14-15-16-18-24-19-17-20-25(21-24)27-22-26(2)23-28-26/h11-12,17,19-21H,3-10,13-16,18,22-23H2,1-2H3/b12-11+. The van der Waals surface area contributed by atoms with Gasteiger partial charge in [-0.2, -0.15) is 0 Å². The van der Waals surface area contributed by atoms with Crippen LogP contribution >= 0.6 is 0 Å². The van der Waals surface area contributed by atoms with Crippen molar-refractivity contribution in [1.82, 2.24) is 0 Å². The maximum Gasteiger partial charge on any atom is 0.123 e. The summed E-state index contributed by atoms with van der Waals surface area (Å²) >= 11 is 0. The Hall–Kier alpha value is -1.28. The fourth-order valence-electron chi connectivity index (χ4n) is 3.46. The molecule has 158 valence electrons. The highest BCUT2D eigenvalue weighted by Crippen LogP contribution is 2.27. The molecule has 28 heavy (non-hydrogen) atoms. The van der Waals surface area contributed by atoms with Gasteiger partial charge in [0.2, 0.25) is 0 Å². The van der Waals surface area contributed by atoms with Crippen molar-refractivity contribution in [3.63, 3.8) is 0 Å². The second-order valence-electron chi connectivity index (χ2n) is 8.66. The molecule has 1 heterocycles. The van der Waals surface area contributed by atoms with E-state index in [0.717, 1.165) is 18.8 Å². The molecule has 0 amide bonds.